The lowest BCUT2D eigenvalue weighted by atomic mass is 10.0. The molecule has 1 saturated carbocycles. The number of nitrogens with one attached hydrogen (secondary N) is 1. The lowest BCUT2D eigenvalue weighted by molar-refractivity contribution is 0.0942. The summed E-state index contributed by atoms with van der Waals surface area (Å²) in [5.41, 5.74) is 4.23. The van der Waals surface area contributed by atoms with Crippen molar-refractivity contribution < 1.29 is 4.79 Å². The number of rotatable bonds is 4. The second-order valence-electron chi connectivity index (χ2n) is 6.18. The van der Waals surface area contributed by atoms with E-state index in [4.69, 9.17) is 11.6 Å². The lowest BCUT2D eigenvalue weighted by Gasteiger charge is -2.11. The third kappa shape index (κ3) is 2.64. The van der Waals surface area contributed by atoms with Gasteiger partial charge in [-0.05, 0) is 53.5 Å². The third-order valence-electron chi connectivity index (χ3n) is 4.79. The van der Waals surface area contributed by atoms with E-state index in [0.717, 1.165) is 22.8 Å². The van der Waals surface area contributed by atoms with Crippen LogP contribution in [0, 0.1) is 5.92 Å². The van der Waals surface area contributed by atoms with Crippen molar-refractivity contribution in [3.05, 3.63) is 63.9 Å². The highest BCUT2D eigenvalue weighted by atomic mass is 35.5. The van der Waals surface area contributed by atoms with Crippen molar-refractivity contribution in [2.45, 2.75) is 24.1 Å². The minimum Gasteiger partial charge on any atom is -0.347 e. The molecule has 2 aliphatic carbocycles. The first-order chi connectivity index (χ1) is 11.2. The SMILES string of the molecule is CSCc1cccnc1C(=O)NC1C2Cc3cc(Cl)ccc3C21. The highest BCUT2D eigenvalue weighted by molar-refractivity contribution is 7.97. The monoisotopic (exact) mass is 344 g/mol. The van der Waals surface area contributed by atoms with E-state index in [1.54, 1.807) is 18.0 Å². The molecule has 0 saturated heterocycles. The van der Waals surface area contributed by atoms with E-state index < -0.39 is 0 Å². The number of hydrogen-bond donors (Lipinski definition) is 1. The molecule has 0 bridgehead atoms. The van der Waals surface area contributed by atoms with Crippen molar-refractivity contribution in [2.75, 3.05) is 6.26 Å². The Hall–Kier alpha value is -1.52. The largest absolute Gasteiger partial charge is 0.347 e. The molecule has 118 valence electrons. The van der Waals surface area contributed by atoms with Crippen molar-refractivity contribution in [1.29, 1.82) is 0 Å². The summed E-state index contributed by atoms with van der Waals surface area (Å²) in [5, 5.41) is 3.98. The van der Waals surface area contributed by atoms with Gasteiger partial charge in [-0.2, -0.15) is 11.8 Å². The van der Waals surface area contributed by atoms with E-state index >= 15 is 0 Å². The zero-order valence-electron chi connectivity index (χ0n) is 12.8. The van der Waals surface area contributed by atoms with Gasteiger partial charge in [-0.1, -0.05) is 23.7 Å². The topological polar surface area (TPSA) is 42.0 Å². The Balaban J connectivity index is 1.49. The molecule has 2 aromatic rings. The van der Waals surface area contributed by atoms with Gasteiger partial charge in [-0.3, -0.25) is 9.78 Å². The predicted octanol–water partition coefficient (Wildman–Crippen LogP) is 3.67. The van der Waals surface area contributed by atoms with Crippen LogP contribution in [0.15, 0.2) is 36.5 Å². The maximum absolute atomic E-state index is 12.6. The molecule has 1 amide bonds. The normalized spacial score (nSPS) is 24.0. The van der Waals surface area contributed by atoms with Crippen LogP contribution in [-0.4, -0.2) is 23.2 Å². The van der Waals surface area contributed by atoms with Crippen molar-refractivity contribution in [3.63, 3.8) is 0 Å². The molecule has 0 spiro atoms. The van der Waals surface area contributed by atoms with Gasteiger partial charge >= 0.3 is 0 Å². The fourth-order valence-corrected chi connectivity index (χ4v) is 4.45. The molecule has 4 rings (SSSR count). The van der Waals surface area contributed by atoms with Gasteiger partial charge < -0.3 is 5.32 Å². The Labute approximate surface area is 144 Å². The van der Waals surface area contributed by atoms with Gasteiger partial charge in [0.05, 0.1) is 0 Å². The Morgan fingerprint density at radius 1 is 1.43 bits per heavy atom. The molecule has 3 unspecified atom stereocenters. The number of thioether (sulfide) groups is 1. The van der Waals surface area contributed by atoms with Crippen LogP contribution in [0.1, 0.15) is 33.1 Å². The number of amides is 1. The van der Waals surface area contributed by atoms with Crippen LogP contribution in [0.5, 0.6) is 0 Å². The van der Waals surface area contributed by atoms with Crippen molar-refractivity contribution in [3.8, 4) is 0 Å². The molecule has 1 fully saturated rings. The van der Waals surface area contributed by atoms with Crippen LogP contribution < -0.4 is 5.32 Å². The van der Waals surface area contributed by atoms with Gasteiger partial charge in [-0.15, -0.1) is 0 Å². The molecule has 3 nitrogen and oxygen atoms in total. The van der Waals surface area contributed by atoms with E-state index in [-0.39, 0.29) is 11.9 Å². The first-order valence-corrected chi connectivity index (χ1v) is 9.48. The van der Waals surface area contributed by atoms with E-state index in [0.29, 0.717) is 17.5 Å². The van der Waals surface area contributed by atoms with Crippen LogP contribution in [0.25, 0.3) is 0 Å². The van der Waals surface area contributed by atoms with Crippen LogP contribution in [0.2, 0.25) is 5.02 Å². The number of hydrogen-bond acceptors (Lipinski definition) is 3. The smallest absolute Gasteiger partial charge is 0.270 e. The van der Waals surface area contributed by atoms with Gasteiger partial charge in [0, 0.05) is 28.9 Å². The highest BCUT2D eigenvalue weighted by Gasteiger charge is 2.56. The first kappa shape index (κ1) is 15.0. The average molecular weight is 345 g/mol. The van der Waals surface area contributed by atoms with Gasteiger partial charge in [0.2, 0.25) is 0 Å². The number of aromatic nitrogens is 1. The summed E-state index contributed by atoms with van der Waals surface area (Å²) in [4.78, 5) is 16.9. The fourth-order valence-electron chi connectivity index (χ4n) is 3.71. The number of nitrogens with zero attached hydrogens (tertiary/aromatic N) is 1. The number of halogens is 1. The van der Waals surface area contributed by atoms with E-state index in [2.05, 4.69) is 22.4 Å². The third-order valence-corrected chi connectivity index (χ3v) is 5.63. The Bertz CT molecular complexity index is 779. The molecule has 1 aromatic heterocycles. The van der Waals surface area contributed by atoms with E-state index in [9.17, 15) is 4.79 Å². The Kier molecular flexibility index (Phi) is 3.82. The van der Waals surface area contributed by atoms with E-state index in [1.807, 2.05) is 24.5 Å². The maximum Gasteiger partial charge on any atom is 0.270 e. The number of carbonyl (C=O) groups excluding carboxylic acids is 1. The molecule has 1 N–H and O–H groups in total. The van der Waals surface area contributed by atoms with Gasteiger partial charge in [0.25, 0.3) is 5.91 Å². The number of pyridine rings is 1. The van der Waals surface area contributed by atoms with Crippen molar-refractivity contribution >= 4 is 29.3 Å². The molecule has 5 heteroatoms. The van der Waals surface area contributed by atoms with Crippen molar-refractivity contribution in [1.82, 2.24) is 10.3 Å². The van der Waals surface area contributed by atoms with Gasteiger partial charge in [0.15, 0.2) is 0 Å². The molecule has 0 radical (unpaired) electrons. The molecular formula is C18H17ClN2OS. The Morgan fingerprint density at radius 3 is 3.13 bits per heavy atom. The zero-order valence-corrected chi connectivity index (χ0v) is 14.3. The van der Waals surface area contributed by atoms with Crippen molar-refractivity contribution in [2.24, 2.45) is 5.92 Å². The summed E-state index contributed by atoms with van der Waals surface area (Å²) < 4.78 is 0. The van der Waals surface area contributed by atoms with Gasteiger partial charge in [-0.25, -0.2) is 0 Å². The number of carbonyl (C=O) groups is 1. The summed E-state index contributed by atoms with van der Waals surface area (Å²) >= 11 is 7.75. The van der Waals surface area contributed by atoms with Crippen LogP contribution in [0.4, 0.5) is 0 Å². The number of fused-ring (bicyclic) bond motifs is 3. The summed E-state index contributed by atoms with van der Waals surface area (Å²) in [7, 11) is 0. The second-order valence-corrected chi connectivity index (χ2v) is 7.48. The summed E-state index contributed by atoms with van der Waals surface area (Å²) in [5.74, 6) is 1.71. The molecule has 1 heterocycles. The quantitative estimate of drug-likeness (QED) is 0.920. The van der Waals surface area contributed by atoms with Crippen LogP contribution in [-0.2, 0) is 12.2 Å². The highest BCUT2D eigenvalue weighted by Crippen LogP contribution is 2.56. The molecule has 1 aromatic carbocycles. The summed E-state index contributed by atoms with van der Waals surface area (Å²) in [6.07, 6.45) is 4.72. The Morgan fingerprint density at radius 2 is 2.30 bits per heavy atom. The van der Waals surface area contributed by atoms with E-state index in [1.165, 1.54) is 11.1 Å². The minimum atomic E-state index is -0.0513. The number of benzene rings is 1. The van der Waals surface area contributed by atoms with Gasteiger partial charge in [0.1, 0.15) is 5.69 Å². The minimum absolute atomic E-state index is 0.0513. The van der Waals surface area contributed by atoms with Crippen LogP contribution in [0.3, 0.4) is 0 Å². The maximum atomic E-state index is 12.6. The molecule has 2 aliphatic rings. The fraction of sp³-hybridized carbons (Fsp3) is 0.333. The van der Waals surface area contributed by atoms with Crippen LogP contribution >= 0.6 is 23.4 Å². The standard InChI is InChI=1S/C18H17ClN2OS/c1-23-9-10-3-2-6-20-16(10)18(22)21-17-14-8-11-7-12(19)4-5-13(11)15(14)17/h2-7,14-15,17H,8-9H2,1H3,(H,21,22). The zero-order chi connectivity index (χ0) is 16.0. The molecule has 3 atom stereocenters. The predicted molar refractivity (Wildman–Crippen MR) is 94.1 cm³/mol. The lowest BCUT2D eigenvalue weighted by Crippen LogP contribution is -2.30. The summed E-state index contributed by atoms with van der Waals surface area (Å²) in [6, 6.07) is 10.2. The first-order valence-electron chi connectivity index (χ1n) is 7.71. The average Bonchev–Trinajstić information content (AvgIpc) is 3.05. The second kappa shape index (κ2) is 5.84. The molecule has 23 heavy (non-hydrogen) atoms. The summed E-state index contributed by atoms with van der Waals surface area (Å²) in [6.45, 7) is 0. The molecule has 0 aliphatic heterocycles. The molecular weight excluding hydrogens is 328 g/mol.